The summed E-state index contributed by atoms with van der Waals surface area (Å²) in [5.74, 6) is -1.50. The highest BCUT2D eigenvalue weighted by molar-refractivity contribution is 8.00. The smallest absolute Gasteiger partial charge is 0.337 e. The van der Waals surface area contributed by atoms with E-state index in [0.29, 0.717) is 0 Å². The Kier molecular flexibility index (Phi) is 5.51. The van der Waals surface area contributed by atoms with Gasteiger partial charge in [0.05, 0.1) is 21.9 Å². The van der Waals surface area contributed by atoms with Gasteiger partial charge in [-0.2, -0.15) is 0 Å². The van der Waals surface area contributed by atoms with E-state index >= 15 is 0 Å². The van der Waals surface area contributed by atoms with Crippen LogP contribution < -0.4 is 5.32 Å². The van der Waals surface area contributed by atoms with Crippen LogP contribution in [0.15, 0.2) is 18.2 Å². The molecule has 0 radical (unpaired) electrons. The van der Waals surface area contributed by atoms with Gasteiger partial charge in [-0.15, -0.1) is 11.8 Å². The number of hydrogen-bond donors (Lipinski definition) is 2. The molecule has 7 nitrogen and oxygen atoms in total. The number of carbonyl (C=O) groups is 2. The summed E-state index contributed by atoms with van der Waals surface area (Å²) in [5, 5.41) is 22.3. The molecule has 1 rings (SSSR count). The standard InChI is InChI=1S/C12H14N2O5S/c1-7(2)20-6-11(15)13-10-5-8(14(18)19)3-4-9(10)12(16)17/h3-5,7H,6H2,1-2H3,(H,13,15)(H,16,17). The maximum absolute atomic E-state index is 11.7. The van der Waals surface area contributed by atoms with Crippen molar-refractivity contribution in [3.63, 3.8) is 0 Å². The number of thioether (sulfide) groups is 1. The molecule has 0 aromatic heterocycles. The van der Waals surface area contributed by atoms with Crippen LogP contribution in [0.25, 0.3) is 0 Å². The first-order chi connectivity index (χ1) is 9.31. The van der Waals surface area contributed by atoms with E-state index in [0.717, 1.165) is 18.2 Å². The number of benzene rings is 1. The van der Waals surface area contributed by atoms with E-state index in [1.54, 1.807) is 0 Å². The zero-order valence-corrected chi connectivity index (χ0v) is 11.8. The second-order valence-electron chi connectivity index (χ2n) is 4.20. The predicted octanol–water partition coefficient (Wildman–Crippen LogP) is 2.37. The lowest BCUT2D eigenvalue weighted by Gasteiger charge is -2.09. The normalized spacial score (nSPS) is 10.3. The minimum atomic E-state index is -1.26. The fraction of sp³-hybridized carbons (Fsp3) is 0.333. The van der Waals surface area contributed by atoms with Gasteiger partial charge in [0.15, 0.2) is 0 Å². The fourth-order valence-electron chi connectivity index (χ4n) is 1.36. The first-order valence-electron chi connectivity index (χ1n) is 5.74. The molecule has 1 aromatic rings. The summed E-state index contributed by atoms with van der Waals surface area (Å²) in [6.07, 6.45) is 0. The Bertz CT molecular complexity index is 545. The molecule has 108 valence electrons. The number of hydrogen-bond acceptors (Lipinski definition) is 5. The van der Waals surface area contributed by atoms with E-state index in [1.165, 1.54) is 11.8 Å². The Labute approximate surface area is 119 Å². The van der Waals surface area contributed by atoms with Gasteiger partial charge >= 0.3 is 5.97 Å². The zero-order chi connectivity index (χ0) is 15.3. The first-order valence-corrected chi connectivity index (χ1v) is 6.79. The summed E-state index contributed by atoms with van der Waals surface area (Å²) in [7, 11) is 0. The third-order valence-electron chi connectivity index (χ3n) is 2.27. The molecule has 0 atom stereocenters. The third-order valence-corrected chi connectivity index (χ3v) is 3.36. The molecule has 2 N–H and O–H groups in total. The van der Waals surface area contributed by atoms with Gasteiger partial charge in [-0.1, -0.05) is 13.8 Å². The molecule has 0 fully saturated rings. The molecule has 8 heteroatoms. The fourth-order valence-corrected chi connectivity index (χ4v) is 1.92. The molecular weight excluding hydrogens is 284 g/mol. The lowest BCUT2D eigenvalue weighted by molar-refractivity contribution is -0.384. The van der Waals surface area contributed by atoms with Crippen molar-refractivity contribution >= 4 is 35.0 Å². The van der Waals surface area contributed by atoms with E-state index in [1.807, 2.05) is 13.8 Å². The topological polar surface area (TPSA) is 110 Å². The summed E-state index contributed by atoms with van der Waals surface area (Å²) >= 11 is 1.39. The van der Waals surface area contributed by atoms with Crippen LogP contribution in [0.2, 0.25) is 0 Å². The summed E-state index contributed by atoms with van der Waals surface area (Å²) in [5.41, 5.74) is -0.527. The molecular formula is C12H14N2O5S. The average molecular weight is 298 g/mol. The van der Waals surface area contributed by atoms with Gasteiger partial charge in [-0.25, -0.2) is 4.79 Å². The quantitative estimate of drug-likeness (QED) is 0.616. The van der Waals surface area contributed by atoms with Crippen molar-refractivity contribution in [3.05, 3.63) is 33.9 Å². The number of aromatic carboxylic acids is 1. The van der Waals surface area contributed by atoms with Crippen molar-refractivity contribution < 1.29 is 19.6 Å². The molecule has 0 saturated carbocycles. The second-order valence-corrected chi connectivity index (χ2v) is 5.76. The summed E-state index contributed by atoms with van der Waals surface area (Å²) < 4.78 is 0. The van der Waals surface area contributed by atoms with Crippen molar-refractivity contribution in [2.24, 2.45) is 0 Å². The van der Waals surface area contributed by atoms with Crippen molar-refractivity contribution in [1.82, 2.24) is 0 Å². The lowest BCUT2D eigenvalue weighted by Crippen LogP contribution is -2.17. The van der Waals surface area contributed by atoms with Gasteiger partial charge in [0, 0.05) is 12.1 Å². The monoisotopic (exact) mass is 298 g/mol. The Balaban J connectivity index is 2.95. The van der Waals surface area contributed by atoms with Gasteiger partial charge in [0.1, 0.15) is 0 Å². The van der Waals surface area contributed by atoms with Crippen LogP contribution in [0.1, 0.15) is 24.2 Å². The lowest BCUT2D eigenvalue weighted by atomic mass is 10.1. The molecule has 1 amide bonds. The van der Waals surface area contributed by atoms with Crippen LogP contribution >= 0.6 is 11.8 Å². The molecule has 20 heavy (non-hydrogen) atoms. The molecule has 0 aliphatic rings. The Morgan fingerprint density at radius 1 is 1.45 bits per heavy atom. The van der Waals surface area contributed by atoms with E-state index in [2.05, 4.69) is 5.32 Å². The van der Waals surface area contributed by atoms with Crippen molar-refractivity contribution in [3.8, 4) is 0 Å². The van der Waals surface area contributed by atoms with E-state index in [4.69, 9.17) is 5.11 Å². The maximum Gasteiger partial charge on any atom is 0.337 e. The molecule has 0 heterocycles. The Morgan fingerprint density at radius 3 is 2.60 bits per heavy atom. The number of rotatable bonds is 6. The molecule has 0 aliphatic carbocycles. The molecule has 1 aromatic carbocycles. The summed E-state index contributed by atoms with van der Waals surface area (Å²) in [6, 6.07) is 3.23. The van der Waals surface area contributed by atoms with Crippen molar-refractivity contribution in [2.45, 2.75) is 19.1 Å². The van der Waals surface area contributed by atoms with Crippen LogP contribution in [-0.2, 0) is 4.79 Å². The molecule has 0 aliphatic heterocycles. The zero-order valence-electron chi connectivity index (χ0n) is 11.0. The maximum atomic E-state index is 11.7. The van der Waals surface area contributed by atoms with Crippen molar-refractivity contribution in [2.75, 3.05) is 11.1 Å². The second kappa shape index (κ2) is 6.90. The number of carbonyl (C=O) groups excluding carboxylic acids is 1. The van der Waals surface area contributed by atoms with E-state index in [9.17, 15) is 19.7 Å². The highest BCUT2D eigenvalue weighted by Crippen LogP contribution is 2.23. The minimum absolute atomic E-state index is 0.0685. The highest BCUT2D eigenvalue weighted by atomic mass is 32.2. The number of nitrogens with zero attached hydrogens (tertiary/aromatic N) is 1. The molecule has 0 unspecified atom stereocenters. The number of carboxylic acids is 1. The van der Waals surface area contributed by atoms with Crippen LogP contribution in [0.5, 0.6) is 0 Å². The summed E-state index contributed by atoms with van der Waals surface area (Å²) in [6.45, 7) is 3.85. The highest BCUT2D eigenvalue weighted by Gasteiger charge is 2.17. The SMILES string of the molecule is CC(C)SCC(=O)Nc1cc([N+](=O)[O-])ccc1C(=O)O. The molecule has 0 saturated heterocycles. The van der Waals surface area contributed by atoms with Crippen LogP contribution in [0.3, 0.4) is 0 Å². The largest absolute Gasteiger partial charge is 0.478 e. The van der Waals surface area contributed by atoms with E-state index < -0.39 is 16.8 Å². The number of carboxylic acid groups (broad SMARTS) is 1. The van der Waals surface area contributed by atoms with Gasteiger partial charge in [-0.05, 0) is 11.3 Å². The number of nitro groups is 1. The Morgan fingerprint density at radius 2 is 2.10 bits per heavy atom. The van der Waals surface area contributed by atoms with Gasteiger partial charge in [-0.3, -0.25) is 14.9 Å². The van der Waals surface area contributed by atoms with Gasteiger partial charge < -0.3 is 10.4 Å². The van der Waals surface area contributed by atoms with Crippen LogP contribution in [-0.4, -0.2) is 32.9 Å². The third kappa shape index (κ3) is 4.54. The van der Waals surface area contributed by atoms with Crippen LogP contribution in [0.4, 0.5) is 11.4 Å². The predicted molar refractivity (Wildman–Crippen MR) is 76.3 cm³/mol. The van der Waals surface area contributed by atoms with Gasteiger partial charge in [0.2, 0.25) is 5.91 Å². The van der Waals surface area contributed by atoms with Crippen LogP contribution in [0, 0.1) is 10.1 Å². The number of anilines is 1. The van der Waals surface area contributed by atoms with Gasteiger partial charge in [0.25, 0.3) is 5.69 Å². The Hall–Kier alpha value is -2.09. The molecule has 0 spiro atoms. The summed E-state index contributed by atoms with van der Waals surface area (Å²) in [4.78, 5) is 32.7. The van der Waals surface area contributed by atoms with Crippen molar-refractivity contribution in [1.29, 1.82) is 0 Å². The number of nitro benzene ring substituents is 1. The first kappa shape index (κ1) is 16.0. The average Bonchev–Trinajstić information content (AvgIpc) is 2.35. The number of amides is 1. The van der Waals surface area contributed by atoms with E-state index in [-0.39, 0.29) is 27.9 Å². The minimum Gasteiger partial charge on any atom is -0.478 e. The number of nitrogens with one attached hydrogen (secondary N) is 1. The number of non-ortho nitro benzene ring substituents is 1. The molecule has 0 bridgehead atoms.